The fraction of sp³-hybridized carbons (Fsp3) is 0.471. The minimum Gasteiger partial charge on any atom is -0.368 e. The molecule has 3 heterocycles. The first-order chi connectivity index (χ1) is 11.1. The summed E-state index contributed by atoms with van der Waals surface area (Å²) in [5.74, 6) is 1.03. The summed E-state index contributed by atoms with van der Waals surface area (Å²) in [6.07, 6.45) is 5.07. The van der Waals surface area contributed by atoms with Gasteiger partial charge in [0.15, 0.2) is 12.4 Å². The lowest BCUT2D eigenvalue weighted by Gasteiger charge is -2.35. The minimum atomic E-state index is 0.214. The van der Waals surface area contributed by atoms with Crippen LogP contribution in [0.1, 0.15) is 23.4 Å². The van der Waals surface area contributed by atoms with Gasteiger partial charge in [-0.1, -0.05) is 5.16 Å². The maximum atomic E-state index is 12.4. The molecule has 0 radical (unpaired) electrons. The van der Waals surface area contributed by atoms with Gasteiger partial charge in [0.2, 0.25) is 5.91 Å². The summed E-state index contributed by atoms with van der Waals surface area (Å²) < 4.78 is 5.15. The molecule has 0 saturated carbocycles. The summed E-state index contributed by atoms with van der Waals surface area (Å²) >= 11 is 0. The van der Waals surface area contributed by atoms with Crippen molar-refractivity contribution in [3.05, 3.63) is 41.5 Å². The summed E-state index contributed by atoms with van der Waals surface area (Å²) in [6, 6.07) is 4.13. The monoisotopic (exact) mass is 315 g/mol. The van der Waals surface area contributed by atoms with E-state index in [1.807, 2.05) is 31.1 Å². The standard InChI is InChI=1S/C17H22N4O2/c1-13-16(14(2)23-19-13)3-4-17(22)21-11-9-20(10-12-21)15-5-7-18-8-6-15/h5-8H,3-4,9-12H2,1-2H3/p+1. The van der Waals surface area contributed by atoms with Gasteiger partial charge >= 0.3 is 0 Å². The van der Waals surface area contributed by atoms with E-state index in [1.165, 1.54) is 5.69 Å². The normalized spacial score (nSPS) is 15.0. The van der Waals surface area contributed by atoms with Crippen LogP contribution in [0.5, 0.6) is 0 Å². The van der Waals surface area contributed by atoms with Crippen LogP contribution in [0.25, 0.3) is 0 Å². The molecule has 6 heteroatoms. The van der Waals surface area contributed by atoms with Crippen molar-refractivity contribution >= 4 is 11.6 Å². The maximum Gasteiger partial charge on any atom is 0.223 e. The van der Waals surface area contributed by atoms with E-state index in [9.17, 15) is 4.79 Å². The Hall–Kier alpha value is -2.37. The Bertz CT molecular complexity index is 641. The van der Waals surface area contributed by atoms with Gasteiger partial charge in [-0.25, -0.2) is 4.98 Å². The van der Waals surface area contributed by atoms with Crippen molar-refractivity contribution in [1.29, 1.82) is 0 Å². The van der Waals surface area contributed by atoms with Gasteiger partial charge in [0.05, 0.1) is 5.69 Å². The van der Waals surface area contributed by atoms with E-state index in [0.717, 1.165) is 43.2 Å². The Labute approximate surface area is 136 Å². The minimum absolute atomic E-state index is 0.214. The topological polar surface area (TPSA) is 63.7 Å². The predicted octanol–water partition coefficient (Wildman–Crippen LogP) is 1.39. The first-order valence-electron chi connectivity index (χ1n) is 8.06. The number of aryl methyl sites for hydroxylation is 2. The second-order valence-electron chi connectivity index (χ2n) is 5.93. The SMILES string of the molecule is Cc1noc(C)c1CCC(=O)N1CCN(c2cc[nH+]cc2)CC1. The number of carbonyl (C=O) groups is 1. The highest BCUT2D eigenvalue weighted by molar-refractivity contribution is 5.76. The quantitative estimate of drug-likeness (QED) is 0.855. The van der Waals surface area contributed by atoms with E-state index in [4.69, 9.17) is 4.52 Å². The molecule has 3 rings (SSSR count). The molecule has 1 fully saturated rings. The molecule has 0 bridgehead atoms. The number of piperazine rings is 1. The van der Waals surface area contributed by atoms with Crippen LogP contribution in [0.3, 0.4) is 0 Å². The number of aromatic amines is 1. The first kappa shape index (κ1) is 15.5. The second kappa shape index (κ2) is 6.81. The number of H-pyrrole nitrogens is 1. The van der Waals surface area contributed by atoms with E-state index in [1.54, 1.807) is 0 Å². The molecule has 2 aromatic rings. The third-order valence-electron chi connectivity index (χ3n) is 4.47. The summed E-state index contributed by atoms with van der Waals surface area (Å²) in [6.45, 7) is 7.13. The van der Waals surface area contributed by atoms with Gasteiger partial charge in [-0.15, -0.1) is 0 Å². The number of pyridine rings is 1. The molecule has 0 spiro atoms. The summed E-state index contributed by atoms with van der Waals surface area (Å²) in [5.41, 5.74) is 3.16. The van der Waals surface area contributed by atoms with Crippen molar-refractivity contribution in [3.8, 4) is 0 Å². The lowest BCUT2D eigenvalue weighted by molar-refractivity contribution is -0.377. The van der Waals surface area contributed by atoms with Gasteiger partial charge in [-0.2, -0.15) is 0 Å². The van der Waals surface area contributed by atoms with Crippen molar-refractivity contribution in [2.45, 2.75) is 26.7 Å². The van der Waals surface area contributed by atoms with E-state index in [0.29, 0.717) is 12.8 Å². The van der Waals surface area contributed by atoms with Gasteiger partial charge in [0.25, 0.3) is 0 Å². The lowest BCUT2D eigenvalue weighted by atomic mass is 10.1. The van der Waals surface area contributed by atoms with Gasteiger partial charge in [0.1, 0.15) is 5.76 Å². The van der Waals surface area contributed by atoms with Crippen LogP contribution < -0.4 is 9.88 Å². The van der Waals surface area contributed by atoms with Gasteiger partial charge in [-0.05, 0) is 20.3 Å². The van der Waals surface area contributed by atoms with Crippen LogP contribution in [0.2, 0.25) is 0 Å². The number of nitrogens with one attached hydrogen (secondary N) is 1. The lowest BCUT2D eigenvalue weighted by Crippen LogP contribution is -2.48. The van der Waals surface area contributed by atoms with Crippen molar-refractivity contribution in [2.24, 2.45) is 0 Å². The first-order valence-corrected chi connectivity index (χ1v) is 8.06. The van der Waals surface area contributed by atoms with Crippen LogP contribution in [0.4, 0.5) is 5.69 Å². The maximum absolute atomic E-state index is 12.4. The van der Waals surface area contributed by atoms with Gasteiger partial charge in [-0.3, -0.25) is 4.79 Å². The molecule has 122 valence electrons. The second-order valence-corrected chi connectivity index (χ2v) is 5.93. The highest BCUT2D eigenvalue weighted by Gasteiger charge is 2.22. The van der Waals surface area contributed by atoms with Crippen molar-refractivity contribution < 1.29 is 14.3 Å². The number of hydrogen-bond acceptors (Lipinski definition) is 4. The molecule has 2 aromatic heterocycles. The van der Waals surface area contributed by atoms with E-state index in [-0.39, 0.29) is 5.91 Å². The highest BCUT2D eigenvalue weighted by Crippen LogP contribution is 2.17. The van der Waals surface area contributed by atoms with Crippen molar-refractivity contribution in [1.82, 2.24) is 10.1 Å². The van der Waals surface area contributed by atoms with Gasteiger partial charge < -0.3 is 14.3 Å². The Morgan fingerprint density at radius 3 is 2.52 bits per heavy atom. The predicted molar refractivity (Wildman–Crippen MR) is 86.1 cm³/mol. The van der Waals surface area contributed by atoms with Crippen LogP contribution in [-0.4, -0.2) is 42.1 Å². The fourth-order valence-electron chi connectivity index (χ4n) is 3.05. The Morgan fingerprint density at radius 1 is 1.22 bits per heavy atom. The molecule has 23 heavy (non-hydrogen) atoms. The summed E-state index contributed by atoms with van der Waals surface area (Å²) in [7, 11) is 0. The number of rotatable bonds is 4. The third-order valence-corrected chi connectivity index (χ3v) is 4.47. The number of nitrogens with zero attached hydrogens (tertiary/aromatic N) is 3. The number of hydrogen-bond donors (Lipinski definition) is 0. The zero-order valence-corrected chi connectivity index (χ0v) is 13.7. The fourth-order valence-corrected chi connectivity index (χ4v) is 3.05. The Morgan fingerprint density at radius 2 is 1.91 bits per heavy atom. The molecule has 1 aliphatic heterocycles. The molecule has 1 N–H and O–H groups in total. The average Bonchev–Trinajstić information content (AvgIpc) is 2.92. The number of carbonyl (C=O) groups excluding carboxylic acids is 1. The zero-order valence-electron chi connectivity index (χ0n) is 13.7. The Kier molecular flexibility index (Phi) is 4.60. The molecule has 0 aliphatic carbocycles. The summed E-state index contributed by atoms with van der Waals surface area (Å²) in [5, 5.41) is 3.94. The number of aromatic nitrogens is 2. The molecule has 1 aliphatic rings. The van der Waals surface area contributed by atoms with Crippen molar-refractivity contribution in [2.75, 3.05) is 31.1 Å². The van der Waals surface area contributed by atoms with Crippen LogP contribution in [-0.2, 0) is 11.2 Å². The van der Waals surface area contributed by atoms with E-state index < -0.39 is 0 Å². The van der Waals surface area contributed by atoms with Crippen LogP contribution in [0.15, 0.2) is 29.0 Å². The molecule has 1 saturated heterocycles. The van der Waals surface area contributed by atoms with Crippen LogP contribution in [0, 0.1) is 13.8 Å². The molecule has 6 nitrogen and oxygen atoms in total. The average molecular weight is 315 g/mol. The smallest absolute Gasteiger partial charge is 0.223 e. The molecule has 1 amide bonds. The van der Waals surface area contributed by atoms with Gasteiger partial charge in [0, 0.05) is 56.0 Å². The van der Waals surface area contributed by atoms with E-state index in [2.05, 4.69) is 27.2 Å². The number of anilines is 1. The third kappa shape index (κ3) is 3.52. The van der Waals surface area contributed by atoms with E-state index >= 15 is 0 Å². The highest BCUT2D eigenvalue weighted by atomic mass is 16.5. The number of amides is 1. The summed E-state index contributed by atoms with van der Waals surface area (Å²) in [4.78, 5) is 19.7. The largest absolute Gasteiger partial charge is 0.368 e. The molecular weight excluding hydrogens is 292 g/mol. The molecule has 0 atom stereocenters. The molecule has 0 unspecified atom stereocenters. The Balaban J connectivity index is 1.50. The molecular formula is C17H23N4O2+. The zero-order chi connectivity index (χ0) is 16.2. The molecule has 0 aromatic carbocycles. The van der Waals surface area contributed by atoms with Crippen LogP contribution >= 0.6 is 0 Å². The van der Waals surface area contributed by atoms with Crippen molar-refractivity contribution in [3.63, 3.8) is 0 Å².